The summed E-state index contributed by atoms with van der Waals surface area (Å²) >= 11 is 0. The number of halogens is 1. The average molecular weight is 507 g/mol. The summed E-state index contributed by atoms with van der Waals surface area (Å²) in [7, 11) is 1.61. The smallest absolute Gasteiger partial charge is 0.241 e. The fourth-order valence-corrected chi connectivity index (χ4v) is 3.15. The van der Waals surface area contributed by atoms with Crippen LogP contribution >= 0.6 is 24.0 Å². The van der Waals surface area contributed by atoms with E-state index in [9.17, 15) is 4.79 Å². The first-order chi connectivity index (χ1) is 13.2. The number of ether oxygens (including phenoxy) is 1. The molecule has 0 saturated carbocycles. The molecule has 160 valence electrons. The van der Waals surface area contributed by atoms with Gasteiger partial charge in [0.05, 0.1) is 18.9 Å². The van der Waals surface area contributed by atoms with Gasteiger partial charge in [0.25, 0.3) is 0 Å². The van der Waals surface area contributed by atoms with Crippen molar-refractivity contribution in [3.05, 3.63) is 24.2 Å². The first-order valence-corrected chi connectivity index (χ1v) is 9.79. The molecule has 1 aromatic heterocycles. The maximum absolute atomic E-state index is 11.8. The number of piperidine rings is 1. The van der Waals surface area contributed by atoms with Crippen LogP contribution in [0.1, 0.15) is 38.0 Å². The number of methoxy groups -OCH3 is 1. The summed E-state index contributed by atoms with van der Waals surface area (Å²) < 4.78 is 10.6. The Morgan fingerprint density at radius 3 is 2.71 bits per heavy atom. The van der Waals surface area contributed by atoms with Gasteiger partial charge >= 0.3 is 0 Å². The SMILES string of the molecule is CCNC(=NCC(=O)NCCOC)NCC(c1ccco1)N1CCCCC1.I. The Bertz CT molecular complexity index is 562. The van der Waals surface area contributed by atoms with Crippen LogP contribution in [-0.2, 0) is 9.53 Å². The molecule has 1 unspecified atom stereocenters. The Morgan fingerprint density at radius 1 is 1.29 bits per heavy atom. The van der Waals surface area contributed by atoms with E-state index in [1.807, 2.05) is 19.1 Å². The van der Waals surface area contributed by atoms with Gasteiger partial charge < -0.3 is 25.1 Å². The Hall–Kier alpha value is -1.33. The summed E-state index contributed by atoms with van der Waals surface area (Å²) in [6, 6.07) is 4.10. The quantitative estimate of drug-likeness (QED) is 0.194. The number of carbonyl (C=O) groups is 1. The van der Waals surface area contributed by atoms with E-state index in [4.69, 9.17) is 9.15 Å². The van der Waals surface area contributed by atoms with Gasteiger partial charge in [-0.25, -0.2) is 4.99 Å². The van der Waals surface area contributed by atoms with E-state index < -0.39 is 0 Å². The Kier molecular flexibility index (Phi) is 12.9. The molecule has 1 amide bonds. The average Bonchev–Trinajstić information content (AvgIpc) is 3.22. The molecule has 0 spiro atoms. The lowest BCUT2D eigenvalue weighted by molar-refractivity contribution is -0.119. The summed E-state index contributed by atoms with van der Waals surface area (Å²) in [5.41, 5.74) is 0. The number of aliphatic imine (C=N–C) groups is 1. The zero-order valence-electron chi connectivity index (χ0n) is 16.9. The predicted octanol–water partition coefficient (Wildman–Crippen LogP) is 1.74. The molecule has 0 aromatic carbocycles. The van der Waals surface area contributed by atoms with E-state index in [1.54, 1.807) is 13.4 Å². The highest BCUT2D eigenvalue weighted by molar-refractivity contribution is 14.0. The van der Waals surface area contributed by atoms with Crippen LogP contribution in [0, 0.1) is 0 Å². The van der Waals surface area contributed by atoms with Gasteiger partial charge in [-0.15, -0.1) is 24.0 Å². The number of hydrogen-bond acceptors (Lipinski definition) is 5. The number of nitrogens with one attached hydrogen (secondary N) is 3. The maximum atomic E-state index is 11.8. The van der Waals surface area contributed by atoms with Crippen molar-refractivity contribution in [2.45, 2.75) is 32.2 Å². The molecular formula is C19H34IN5O3. The van der Waals surface area contributed by atoms with Gasteiger partial charge in [-0.1, -0.05) is 6.42 Å². The number of nitrogens with zero attached hydrogens (tertiary/aromatic N) is 2. The standard InChI is InChI=1S/C19H33N5O3.HI/c1-3-20-19(23-15-18(25)21-9-13-26-2)22-14-16(17-8-7-12-27-17)24-10-5-4-6-11-24;/h7-8,12,16H,3-6,9-11,13-15H2,1-2H3,(H,21,25)(H2,20,22,23);1H. The second kappa shape index (κ2) is 14.6. The molecule has 0 bridgehead atoms. The minimum atomic E-state index is -0.122. The summed E-state index contributed by atoms with van der Waals surface area (Å²) in [4.78, 5) is 18.7. The van der Waals surface area contributed by atoms with Gasteiger partial charge in [-0.05, 0) is 45.0 Å². The Morgan fingerprint density at radius 2 is 2.07 bits per heavy atom. The van der Waals surface area contributed by atoms with E-state index >= 15 is 0 Å². The first-order valence-electron chi connectivity index (χ1n) is 9.79. The van der Waals surface area contributed by atoms with Crippen molar-refractivity contribution in [3.8, 4) is 0 Å². The molecule has 2 rings (SSSR count). The van der Waals surface area contributed by atoms with Crippen molar-refractivity contribution in [3.63, 3.8) is 0 Å². The normalized spacial score (nSPS) is 16.1. The van der Waals surface area contributed by atoms with Crippen LogP contribution in [0.2, 0.25) is 0 Å². The van der Waals surface area contributed by atoms with Gasteiger partial charge in [0.2, 0.25) is 5.91 Å². The largest absolute Gasteiger partial charge is 0.468 e. The lowest BCUT2D eigenvalue weighted by Gasteiger charge is -2.33. The van der Waals surface area contributed by atoms with E-state index in [-0.39, 0.29) is 42.5 Å². The van der Waals surface area contributed by atoms with Crippen LogP contribution in [0.15, 0.2) is 27.8 Å². The Labute approximate surface area is 184 Å². The lowest BCUT2D eigenvalue weighted by atomic mass is 10.1. The minimum Gasteiger partial charge on any atom is -0.468 e. The van der Waals surface area contributed by atoms with Gasteiger partial charge in [0.15, 0.2) is 5.96 Å². The highest BCUT2D eigenvalue weighted by Crippen LogP contribution is 2.24. The highest BCUT2D eigenvalue weighted by atomic mass is 127. The summed E-state index contributed by atoms with van der Waals surface area (Å²) in [6.45, 7) is 6.61. The molecule has 2 heterocycles. The predicted molar refractivity (Wildman–Crippen MR) is 121 cm³/mol. The van der Waals surface area contributed by atoms with Crippen molar-refractivity contribution in [2.24, 2.45) is 4.99 Å². The Balaban J connectivity index is 0.00000392. The molecule has 1 saturated heterocycles. The van der Waals surface area contributed by atoms with Crippen LogP contribution in [-0.4, -0.2) is 69.8 Å². The molecule has 1 aromatic rings. The molecule has 1 atom stereocenters. The van der Waals surface area contributed by atoms with Crippen molar-refractivity contribution >= 4 is 35.8 Å². The van der Waals surface area contributed by atoms with Crippen molar-refractivity contribution in [2.75, 3.05) is 53.0 Å². The molecule has 1 fully saturated rings. The molecule has 8 nitrogen and oxygen atoms in total. The highest BCUT2D eigenvalue weighted by Gasteiger charge is 2.24. The van der Waals surface area contributed by atoms with Crippen LogP contribution in [0.4, 0.5) is 0 Å². The molecular weight excluding hydrogens is 473 g/mol. The van der Waals surface area contributed by atoms with E-state index in [0.29, 0.717) is 25.7 Å². The third-order valence-corrected chi connectivity index (χ3v) is 4.52. The molecule has 0 radical (unpaired) electrons. The zero-order valence-corrected chi connectivity index (χ0v) is 19.2. The van der Waals surface area contributed by atoms with Crippen LogP contribution in [0.5, 0.6) is 0 Å². The number of rotatable bonds is 10. The van der Waals surface area contributed by atoms with Crippen LogP contribution < -0.4 is 16.0 Å². The first kappa shape index (κ1) is 24.7. The summed E-state index contributed by atoms with van der Waals surface area (Å²) in [5, 5.41) is 9.33. The lowest BCUT2D eigenvalue weighted by Crippen LogP contribution is -2.44. The fraction of sp³-hybridized carbons (Fsp3) is 0.684. The van der Waals surface area contributed by atoms with Crippen molar-refractivity contribution in [1.29, 1.82) is 0 Å². The topological polar surface area (TPSA) is 91.1 Å². The number of furan rings is 1. The molecule has 1 aliphatic rings. The molecule has 3 N–H and O–H groups in total. The van der Waals surface area contributed by atoms with Gasteiger partial charge in [0.1, 0.15) is 12.3 Å². The van der Waals surface area contributed by atoms with Crippen molar-refractivity contribution < 1.29 is 13.9 Å². The van der Waals surface area contributed by atoms with Crippen LogP contribution in [0.25, 0.3) is 0 Å². The number of likely N-dealkylation sites (tertiary alicyclic amines) is 1. The fourth-order valence-electron chi connectivity index (χ4n) is 3.15. The summed E-state index contributed by atoms with van der Waals surface area (Å²) in [5.74, 6) is 1.47. The number of carbonyl (C=O) groups excluding carboxylic acids is 1. The monoisotopic (exact) mass is 507 g/mol. The number of hydrogen-bond donors (Lipinski definition) is 3. The summed E-state index contributed by atoms with van der Waals surface area (Å²) in [6.07, 6.45) is 5.44. The molecule has 28 heavy (non-hydrogen) atoms. The third kappa shape index (κ3) is 8.78. The van der Waals surface area contributed by atoms with Gasteiger partial charge in [-0.2, -0.15) is 0 Å². The van der Waals surface area contributed by atoms with E-state index in [2.05, 4.69) is 25.8 Å². The van der Waals surface area contributed by atoms with Gasteiger partial charge in [-0.3, -0.25) is 9.69 Å². The maximum Gasteiger partial charge on any atom is 0.241 e. The number of guanidine groups is 1. The molecule has 0 aliphatic carbocycles. The van der Waals surface area contributed by atoms with Crippen LogP contribution in [0.3, 0.4) is 0 Å². The third-order valence-electron chi connectivity index (χ3n) is 4.52. The zero-order chi connectivity index (χ0) is 19.3. The second-order valence-electron chi connectivity index (χ2n) is 6.55. The van der Waals surface area contributed by atoms with Gasteiger partial charge in [0, 0.05) is 26.7 Å². The second-order valence-corrected chi connectivity index (χ2v) is 6.55. The minimum absolute atomic E-state index is 0. The van der Waals surface area contributed by atoms with Crippen molar-refractivity contribution in [1.82, 2.24) is 20.9 Å². The van der Waals surface area contributed by atoms with E-state index in [0.717, 1.165) is 25.4 Å². The van der Waals surface area contributed by atoms with E-state index in [1.165, 1.54) is 19.3 Å². The molecule has 9 heteroatoms. The number of amides is 1. The molecule has 1 aliphatic heterocycles.